The fourth-order valence-corrected chi connectivity index (χ4v) is 4.81. The standard InChI is InChI=1S/C31H22BNO/c1-20(15-18-29-21(2)31-26(32)12-8-14-30(31)34-29)22-16-17-28-25(19-22)24-11-6-7-13-27(24)33(28)23-9-4-3-5-10-23/h3-19H,1H2,2H3/b18-15-. The van der Waals surface area contributed by atoms with Crippen LogP contribution in [-0.4, -0.2) is 12.4 Å². The number of fused-ring (bicyclic) bond motifs is 4. The molecule has 0 atom stereocenters. The van der Waals surface area contributed by atoms with E-state index in [0.717, 1.165) is 44.6 Å². The summed E-state index contributed by atoms with van der Waals surface area (Å²) in [6.45, 7) is 6.37. The van der Waals surface area contributed by atoms with Crippen LogP contribution < -0.4 is 5.46 Å². The summed E-state index contributed by atoms with van der Waals surface area (Å²) in [5.41, 5.74) is 8.10. The Bertz CT molecular complexity index is 1730. The van der Waals surface area contributed by atoms with Gasteiger partial charge in [0.15, 0.2) is 0 Å². The monoisotopic (exact) mass is 435 g/mol. The molecule has 2 heterocycles. The Morgan fingerprint density at radius 2 is 1.62 bits per heavy atom. The van der Waals surface area contributed by atoms with Gasteiger partial charge in [0.1, 0.15) is 19.2 Å². The predicted octanol–water partition coefficient (Wildman–Crippen LogP) is 7.36. The van der Waals surface area contributed by atoms with Gasteiger partial charge >= 0.3 is 0 Å². The third kappa shape index (κ3) is 3.21. The van der Waals surface area contributed by atoms with Gasteiger partial charge in [-0.2, -0.15) is 0 Å². The van der Waals surface area contributed by atoms with Crippen LogP contribution in [0.4, 0.5) is 0 Å². The van der Waals surface area contributed by atoms with Crippen LogP contribution in [-0.2, 0) is 0 Å². The smallest absolute Gasteiger partial charge is 0.134 e. The highest BCUT2D eigenvalue weighted by Crippen LogP contribution is 2.34. The maximum atomic E-state index is 6.16. The number of rotatable bonds is 4. The SMILES string of the molecule is [B]c1cccc2oc(/C=C\C(=C)c3ccc4c(c3)c3ccccc3n4-c3ccccc3)c(C)c12. The van der Waals surface area contributed by atoms with Crippen molar-refractivity contribution in [2.24, 2.45) is 0 Å². The molecule has 3 heteroatoms. The molecule has 0 N–H and O–H groups in total. The minimum absolute atomic E-state index is 0.734. The number of hydrogen-bond donors (Lipinski definition) is 0. The number of aryl methyl sites for hydroxylation is 1. The summed E-state index contributed by atoms with van der Waals surface area (Å²) in [6, 6.07) is 31.3. The Morgan fingerprint density at radius 1 is 0.853 bits per heavy atom. The average Bonchev–Trinajstić information content (AvgIpc) is 3.38. The molecule has 0 saturated carbocycles. The minimum Gasteiger partial charge on any atom is -0.456 e. The largest absolute Gasteiger partial charge is 0.456 e. The fourth-order valence-electron chi connectivity index (χ4n) is 4.81. The van der Waals surface area contributed by atoms with Crippen LogP contribution in [0.5, 0.6) is 0 Å². The Labute approximate surface area is 199 Å². The first kappa shape index (κ1) is 20.4. The normalized spacial score (nSPS) is 11.8. The summed E-state index contributed by atoms with van der Waals surface area (Å²) in [4.78, 5) is 0. The van der Waals surface area contributed by atoms with Crippen molar-refractivity contribution in [3.05, 3.63) is 121 Å². The fraction of sp³-hybridized carbons (Fsp3) is 0.0323. The van der Waals surface area contributed by atoms with Crippen molar-refractivity contribution >= 4 is 57.7 Å². The third-order valence-corrected chi connectivity index (χ3v) is 6.52. The number of para-hydroxylation sites is 2. The van der Waals surface area contributed by atoms with Crippen molar-refractivity contribution in [3.63, 3.8) is 0 Å². The van der Waals surface area contributed by atoms with E-state index in [1.165, 1.54) is 21.8 Å². The van der Waals surface area contributed by atoms with Gasteiger partial charge in [-0.1, -0.05) is 72.7 Å². The quantitative estimate of drug-likeness (QED) is 0.209. The molecular formula is C31H22BNO. The number of nitrogens with zero attached hydrogens (tertiary/aromatic N) is 1. The lowest BCUT2D eigenvalue weighted by Gasteiger charge is -2.08. The molecule has 4 aromatic carbocycles. The summed E-state index contributed by atoms with van der Waals surface area (Å²) < 4.78 is 8.35. The topological polar surface area (TPSA) is 18.1 Å². The van der Waals surface area contributed by atoms with Gasteiger partial charge in [0.2, 0.25) is 0 Å². The molecule has 2 radical (unpaired) electrons. The van der Waals surface area contributed by atoms with Crippen LogP contribution in [0.25, 0.3) is 50.1 Å². The maximum absolute atomic E-state index is 6.16. The van der Waals surface area contributed by atoms with E-state index in [1.54, 1.807) is 0 Å². The molecule has 6 aromatic rings. The Kier molecular flexibility index (Phi) is 4.77. The summed E-state index contributed by atoms with van der Waals surface area (Å²) in [6.07, 6.45) is 3.99. The Balaban J connectivity index is 1.43. The van der Waals surface area contributed by atoms with Gasteiger partial charge in [-0.25, -0.2) is 0 Å². The van der Waals surface area contributed by atoms with Crippen molar-refractivity contribution in [2.45, 2.75) is 6.92 Å². The van der Waals surface area contributed by atoms with Gasteiger partial charge in [-0.3, -0.25) is 0 Å². The summed E-state index contributed by atoms with van der Waals surface area (Å²) in [7, 11) is 6.16. The molecule has 2 nitrogen and oxygen atoms in total. The molecule has 0 fully saturated rings. The number of furan rings is 1. The van der Waals surface area contributed by atoms with Crippen molar-refractivity contribution in [1.29, 1.82) is 0 Å². The second-order valence-corrected chi connectivity index (χ2v) is 8.59. The van der Waals surface area contributed by atoms with E-state index < -0.39 is 0 Å². The Morgan fingerprint density at radius 3 is 2.44 bits per heavy atom. The molecule has 34 heavy (non-hydrogen) atoms. The van der Waals surface area contributed by atoms with Crippen molar-refractivity contribution in [1.82, 2.24) is 4.57 Å². The second-order valence-electron chi connectivity index (χ2n) is 8.59. The first-order valence-corrected chi connectivity index (χ1v) is 11.4. The van der Waals surface area contributed by atoms with Crippen LogP contribution in [0, 0.1) is 6.92 Å². The van der Waals surface area contributed by atoms with Crippen molar-refractivity contribution in [2.75, 3.05) is 0 Å². The number of allylic oxidation sites excluding steroid dienone is 2. The lowest BCUT2D eigenvalue weighted by atomic mass is 9.90. The molecule has 0 aliphatic rings. The van der Waals surface area contributed by atoms with Gasteiger partial charge in [0.05, 0.1) is 11.0 Å². The highest BCUT2D eigenvalue weighted by atomic mass is 16.3. The van der Waals surface area contributed by atoms with Gasteiger partial charge in [-0.15, -0.1) is 0 Å². The van der Waals surface area contributed by atoms with Gasteiger partial charge in [0.25, 0.3) is 0 Å². The highest BCUT2D eigenvalue weighted by molar-refractivity contribution is 6.39. The molecule has 2 aromatic heterocycles. The first-order valence-electron chi connectivity index (χ1n) is 11.4. The van der Waals surface area contributed by atoms with Gasteiger partial charge in [-0.05, 0) is 60.5 Å². The molecule has 0 saturated heterocycles. The van der Waals surface area contributed by atoms with E-state index >= 15 is 0 Å². The Hall–Kier alpha value is -4.24. The number of aromatic nitrogens is 1. The van der Waals surface area contributed by atoms with E-state index in [0.29, 0.717) is 0 Å². The minimum atomic E-state index is 0.734. The van der Waals surface area contributed by atoms with Gasteiger partial charge < -0.3 is 8.98 Å². The van der Waals surface area contributed by atoms with Crippen LogP contribution in [0.1, 0.15) is 16.9 Å². The first-order chi connectivity index (χ1) is 16.6. The molecular weight excluding hydrogens is 413 g/mol. The average molecular weight is 435 g/mol. The number of hydrogen-bond acceptors (Lipinski definition) is 1. The van der Waals surface area contributed by atoms with E-state index in [-0.39, 0.29) is 0 Å². The van der Waals surface area contributed by atoms with E-state index in [2.05, 4.69) is 77.9 Å². The maximum Gasteiger partial charge on any atom is 0.134 e. The predicted molar refractivity (Wildman–Crippen MR) is 145 cm³/mol. The zero-order valence-electron chi connectivity index (χ0n) is 19.0. The summed E-state index contributed by atoms with van der Waals surface area (Å²) in [5.74, 6) is 0.802. The van der Waals surface area contributed by atoms with Gasteiger partial charge in [0, 0.05) is 27.4 Å². The molecule has 0 aliphatic heterocycles. The van der Waals surface area contributed by atoms with Crippen molar-refractivity contribution < 1.29 is 4.42 Å². The second kappa shape index (κ2) is 7.96. The highest BCUT2D eigenvalue weighted by Gasteiger charge is 2.13. The summed E-state index contributed by atoms with van der Waals surface area (Å²) >= 11 is 0. The summed E-state index contributed by atoms with van der Waals surface area (Å²) in [5, 5.41) is 3.41. The zero-order valence-corrected chi connectivity index (χ0v) is 19.0. The van der Waals surface area contributed by atoms with Crippen LogP contribution >= 0.6 is 0 Å². The van der Waals surface area contributed by atoms with Crippen molar-refractivity contribution in [3.8, 4) is 5.69 Å². The molecule has 0 amide bonds. The molecule has 0 spiro atoms. The molecule has 6 rings (SSSR count). The third-order valence-electron chi connectivity index (χ3n) is 6.52. The lowest BCUT2D eigenvalue weighted by Crippen LogP contribution is -2.02. The number of benzene rings is 4. The van der Waals surface area contributed by atoms with Crippen LogP contribution in [0.15, 0.2) is 108 Å². The molecule has 0 unspecified atom stereocenters. The van der Waals surface area contributed by atoms with Crippen LogP contribution in [0.3, 0.4) is 0 Å². The lowest BCUT2D eigenvalue weighted by molar-refractivity contribution is 0.601. The zero-order chi connectivity index (χ0) is 23.2. The van der Waals surface area contributed by atoms with E-state index in [1.807, 2.05) is 43.3 Å². The van der Waals surface area contributed by atoms with E-state index in [9.17, 15) is 0 Å². The van der Waals surface area contributed by atoms with Crippen LogP contribution in [0.2, 0.25) is 0 Å². The van der Waals surface area contributed by atoms with E-state index in [4.69, 9.17) is 12.3 Å². The molecule has 160 valence electrons. The molecule has 0 aliphatic carbocycles. The molecule has 0 bridgehead atoms.